The predicted octanol–water partition coefficient (Wildman–Crippen LogP) is 4.39. The molecule has 5 nitrogen and oxygen atoms in total. The van der Waals surface area contributed by atoms with Crippen molar-refractivity contribution in [3.63, 3.8) is 0 Å². The maximum absolute atomic E-state index is 12.0. The number of amides is 1. The van der Waals surface area contributed by atoms with Crippen LogP contribution in [0.4, 0.5) is 5.69 Å². The quantitative estimate of drug-likeness (QED) is 0.713. The number of esters is 1. The second-order valence-corrected chi connectivity index (χ2v) is 6.01. The van der Waals surface area contributed by atoms with Gasteiger partial charge in [-0.3, -0.25) is 4.79 Å². The summed E-state index contributed by atoms with van der Waals surface area (Å²) in [6.45, 7) is 6.33. The van der Waals surface area contributed by atoms with E-state index < -0.39 is 0 Å². The van der Waals surface area contributed by atoms with Crippen molar-refractivity contribution in [3.8, 4) is 5.75 Å². The van der Waals surface area contributed by atoms with Gasteiger partial charge in [0.1, 0.15) is 5.75 Å². The third-order valence-corrected chi connectivity index (χ3v) is 4.11. The van der Waals surface area contributed by atoms with E-state index in [1.807, 2.05) is 24.3 Å². The first-order valence-corrected chi connectivity index (χ1v) is 8.83. The van der Waals surface area contributed by atoms with Gasteiger partial charge in [-0.15, -0.1) is 0 Å². The zero-order valence-electron chi connectivity index (χ0n) is 15.5. The van der Waals surface area contributed by atoms with Gasteiger partial charge in [0.05, 0.1) is 12.2 Å². The molecule has 138 valence electrons. The number of carbonyl (C=O) groups excluding carboxylic acids is 2. The van der Waals surface area contributed by atoms with Crippen LogP contribution in [0.2, 0.25) is 0 Å². The highest BCUT2D eigenvalue weighted by atomic mass is 16.5. The molecule has 2 aromatic rings. The minimum atomic E-state index is -0.380. The summed E-state index contributed by atoms with van der Waals surface area (Å²) in [6, 6.07) is 14.3. The zero-order chi connectivity index (χ0) is 18.9. The van der Waals surface area contributed by atoms with Crippen LogP contribution in [0.25, 0.3) is 0 Å². The van der Waals surface area contributed by atoms with E-state index in [4.69, 9.17) is 9.47 Å². The molecule has 0 aliphatic rings. The highest BCUT2D eigenvalue weighted by molar-refractivity contribution is 5.93. The van der Waals surface area contributed by atoms with Crippen molar-refractivity contribution < 1.29 is 19.1 Å². The van der Waals surface area contributed by atoms with Crippen LogP contribution in [0.3, 0.4) is 0 Å². The molecule has 1 amide bonds. The van der Waals surface area contributed by atoms with E-state index in [9.17, 15) is 9.59 Å². The highest BCUT2D eigenvalue weighted by Gasteiger charge is 2.08. The van der Waals surface area contributed by atoms with Gasteiger partial charge in [-0.25, -0.2) is 4.79 Å². The average molecular weight is 355 g/mol. The van der Waals surface area contributed by atoms with E-state index in [-0.39, 0.29) is 18.5 Å². The first-order valence-electron chi connectivity index (χ1n) is 8.83. The summed E-state index contributed by atoms with van der Waals surface area (Å²) in [5.41, 5.74) is 2.30. The minimum absolute atomic E-state index is 0.0810. The molecule has 26 heavy (non-hydrogen) atoms. The van der Waals surface area contributed by atoms with Crippen LogP contribution in [0, 0.1) is 0 Å². The lowest BCUT2D eigenvalue weighted by Gasteiger charge is -2.11. The average Bonchev–Trinajstić information content (AvgIpc) is 2.67. The Kier molecular flexibility index (Phi) is 7.21. The van der Waals surface area contributed by atoms with Gasteiger partial charge < -0.3 is 14.8 Å². The van der Waals surface area contributed by atoms with Crippen molar-refractivity contribution >= 4 is 17.6 Å². The molecule has 0 aliphatic carbocycles. The lowest BCUT2D eigenvalue weighted by molar-refractivity contribution is -0.118. The molecule has 0 saturated carbocycles. The van der Waals surface area contributed by atoms with Gasteiger partial charge >= 0.3 is 5.97 Å². The first-order chi connectivity index (χ1) is 12.5. The van der Waals surface area contributed by atoms with E-state index in [0.717, 1.165) is 6.42 Å². The molecule has 1 atom stereocenters. The Balaban J connectivity index is 1.84. The van der Waals surface area contributed by atoms with Gasteiger partial charge in [-0.1, -0.05) is 26.0 Å². The first kappa shape index (κ1) is 19.5. The highest BCUT2D eigenvalue weighted by Crippen LogP contribution is 2.21. The second kappa shape index (κ2) is 9.61. The van der Waals surface area contributed by atoms with Crippen LogP contribution >= 0.6 is 0 Å². The van der Waals surface area contributed by atoms with E-state index >= 15 is 0 Å². The summed E-state index contributed by atoms with van der Waals surface area (Å²) in [5, 5.41) is 2.73. The van der Waals surface area contributed by atoms with Crippen molar-refractivity contribution in [2.75, 3.05) is 18.5 Å². The Morgan fingerprint density at radius 3 is 2.23 bits per heavy atom. The van der Waals surface area contributed by atoms with Crippen LogP contribution in [0.1, 0.15) is 49.0 Å². The monoisotopic (exact) mass is 355 g/mol. The van der Waals surface area contributed by atoms with Crippen LogP contribution in [-0.4, -0.2) is 25.1 Å². The molecule has 0 aromatic heterocycles. The predicted molar refractivity (Wildman–Crippen MR) is 102 cm³/mol. The number of anilines is 1. The molecule has 5 heteroatoms. The number of rotatable bonds is 8. The van der Waals surface area contributed by atoms with E-state index in [1.165, 1.54) is 5.56 Å². The number of hydrogen-bond donors (Lipinski definition) is 1. The van der Waals surface area contributed by atoms with Gasteiger partial charge in [-0.05, 0) is 61.2 Å². The summed E-state index contributed by atoms with van der Waals surface area (Å²) < 4.78 is 10.4. The summed E-state index contributed by atoms with van der Waals surface area (Å²) in [4.78, 5) is 23.6. The van der Waals surface area contributed by atoms with Crippen molar-refractivity contribution in [1.29, 1.82) is 0 Å². The van der Waals surface area contributed by atoms with Crippen molar-refractivity contribution in [2.45, 2.75) is 33.1 Å². The smallest absolute Gasteiger partial charge is 0.338 e. The third-order valence-electron chi connectivity index (χ3n) is 4.11. The number of carbonyl (C=O) groups is 2. The summed E-state index contributed by atoms with van der Waals surface area (Å²) in [7, 11) is 0. The zero-order valence-corrected chi connectivity index (χ0v) is 15.5. The molecule has 1 N–H and O–H groups in total. The molecule has 1 unspecified atom stereocenters. The number of benzene rings is 2. The molecular weight excluding hydrogens is 330 g/mol. The van der Waals surface area contributed by atoms with Crippen LogP contribution in [-0.2, 0) is 9.53 Å². The van der Waals surface area contributed by atoms with Crippen molar-refractivity contribution in [1.82, 2.24) is 0 Å². The Morgan fingerprint density at radius 2 is 1.65 bits per heavy atom. The standard InChI is InChI=1S/C21H25NO4/c1-4-15(3)16-8-12-19(13-9-16)26-14-20(23)22-18-10-6-17(7-11-18)21(24)25-5-2/h6-13,15H,4-5,14H2,1-3H3,(H,22,23). The minimum Gasteiger partial charge on any atom is -0.484 e. The Hall–Kier alpha value is -2.82. The summed E-state index contributed by atoms with van der Waals surface area (Å²) >= 11 is 0. The summed E-state index contributed by atoms with van der Waals surface area (Å²) in [6.07, 6.45) is 1.08. The number of nitrogens with one attached hydrogen (secondary N) is 1. The molecule has 0 bridgehead atoms. The molecule has 0 saturated heterocycles. The Labute approximate surface area is 154 Å². The fraction of sp³-hybridized carbons (Fsp3) is 0.333. The number of hydrogen-bond acceptors (Lipinski definition) is 4. The lowest BCUT2D eigenvalue weighted by atomic mass is 9.99. The summed E-state index contributed by atoms with van der Waals surface area (Å²) in [5.74, 6) is 0.518. The number of ether oxygens (including phenoxy) is 2. The Bertz CT molecular complexity index is 723. The van der Waals surface area contributed by atoms with E-state index in [2.05, 4.69) is 19.2 Å². The molecule has 0 aliphatic heterocycles. The fourth-order valence-electron chi connectivity index (χ4n) is 2.38. The maximum Gasteiger partial charge on any atom is 0.338 e. The van der Waals surface area contributed by atoms with Gasteiger partial charge in [0.15, 0.2) is 6.61 Å². The van der Waals surface area contributed by atoms with E-state index in [0.29, 0.717) is 29.5 Å². The normalized spacial score (nSPS) is 11.5. The van der Waals surface area contributed by atoms with Gasteiger partial charge in [-0.2, -0.15) is 0 Å². The molecule has 0 heterocycles. The molecule has 0 fully saturated rings. The third kappa shape index (κ3) is 5.62. The van der Waals surface area contributed by atoms with Crippen molar-refractivity contribution in [2.24, 2.45) is 0 Å². The lowest BCUT2D eigenvalue weighted by Crippen LogP contribution is -2.20. The molecule has 0 spiro atoms. The molecule has 2 aromatic carbocycles. The molecule has 0 radical (unpaired) electrons. The largest absolute Gasteiger partial charge is 0.484 e. The molecule has 2 rings (SSSR count). The van der Waals surface area contributed by atoms with Gasteiger partial charge in [0.25, 0.3) is 5.91 Å². The van der Waals surface area contributed by atoms with Crippen LogP contribution < -0.4 is 10.1 Å². The topological polar surface area (TPSA) is 64.6 Å². The van der Waals surface area contributed by atoms with Crippen LogP contribution in [0.5, 0.6) is 5.75 Å². The second-order valence-electron chi connectivity index (χ2n) is 6.01. The fourth-order valence-corrected chi connectivity index (χ4v) is 2.38. The molecular formula is C21H25NO4. The maximum atomic E-state index is 12.0. The SMILES string of the molecule is CCOC(=O)c1ccc(NC(=O)COc2ccc(C(C)CC)cc2)cc1. The van der Waals surface area contributed by atoms with Gasteiger partial charge in [0, 0.05) is 5.69 Å². The Morgan fingerprint density at radius 1 is 1.00 bits per heavy atom. The van der Waals surface area contributed by atoms with Crippen LogP contribution in [0.15, 0.2) is 48.5 Å². The van der Waals surface area contributed by atoms with Gasteiger partial charge in [0.2, 0.25) is 0 Å². The van der Waals surface area contributed by atoms with Crippen molar-refractivity contribution in [3.05, 3.63) is 59.7 Å². The van der Waals surface area contributed by atoms with E-state index in [1.54, 1.807) is 31.2 Å².